The summed E-state index contributed by atoms with van der Waals surface area (Å²) in [5.74, 6) is -0.443. The fourth-order valence-corrected chi connectivity index (χ4v) is 3.65. The van der Waals surface area contributed by atoms with Gasteiger partial charge in [-0.1, -0.05) is 42.0 Å². The Labute approximate surface area is 169 Å². The zero-order valence-corrected chi connectivity index (χ0v) is 16.9. The van der Waals surface area contributed by atoms with Gasteiger partial charge in [-0.25, -0.2) is 23.3 Å². The van der Waals surface area contributed by atoms with E-state index in [0.29, 0.717) is 22.1 Å². The number of para-hydroxylation sites is 1. The number of carbonyl (C=O) groups is 1. The summed E-state index contributed by atoms with van der Waals surface area (Å²) in [6, 6.07) is 15.9. The fourth-order valence-electron chi connectivity index (χ4n) is 2.94. The number of hydrogen-bond donors (Lipinski definition) is 2. The largest absolute Gasteiger partial charge is 0.286 e. The van der Waals surface area contributed by atoms with Crippen molar-refractivity contribution in [1.29, 1.82) is 0 Å². The molecule has 0 unspecified atom stereocenters. The Morgan fingerprint density at radius 2 is 1.83 bits per heavy atom. The number of sulfonamides is 1. The van der Waals surface area contributed by atoms with Crippen LogP contribution in [-0.4, -0.2) is 41.4 Å². The molecule has 0 atom stereocenters. The molecular weight excluding hydrogens is 392 g/mol. The Balaban J connectivity index is 2.13. The minimum absolute atomic E-state index is 0.0471. The van der Waals surface area contributed by atoms with Crippen LogP contribution in [0.1, 0.15) is 17.7 Å². The molecule has 9 heteroatoms. The average Bonchev–Trinajstić information content (AvgIpc) is 3.10. The molecule has 8 nitrogen and oxygen atoms in total. The molecule has 0 radical (unpaired) electrons. The lowest BCUT2D eigenvalue weighted by atomic mass is 10.1. The molecule has 2 aromatic carbocycles. The first-order valence-electron chi connectivity index (χ1n) is 8.90. The van der Waals surface area contributed by atoms with Crippen molar-refractivity contribution in [2.45, 2.75) is 24.7 Å². The maximum absolute atomic E-state index is 12.1. The molecule has 0 saturated carbocycles. The van der Waals surface area contributed by atoms with E-state index in [4.69, 9.17) is 5.14 Å². The van der Waals surface area contributed by atoms with Gasteiger partial charge < -0.3 is 0 Å². The maximum Gasteiger partial charge on any atom is 0.246 e. The minimum atomic E-state index is -3.97. The third-order valence-electron chi connectivity index (χ3n) is 4.46. The molecule has 1 heterocycles. The van der Waals surface area contributed by atoms with Crippen molar-refractivity contribution in [3.8, 4) is 16.9 Å². The molecular formula is C20H22N4O4S. The van der Waals surface area contributed by atoms with E-state index in [9.17, 15) is 18.4 Å². The van der Waals surface area contributed by atoms with Crippen molar-refractivity contribution in [3.05, 3.63) is 65.9 Å². The summed E-state index contributed by atoms with van der Waals surface area (Å²) < 4.78 is 25.7. The van der Waals surface area contributed by atoms with Gasteiger partial charge in [0.2, 0.25) is 15.9 Å². The highest BCUT2D eigenvalue weighted by atomic mass is 32.2. The van der Waals surface area contributed by atoms with Crippen molar-refractivity contribution < 1.29 is 18.4 Å². The summed E-state index contributed by atoms with van der Waals surface area (Å²) in [4.78, 5) is 11.7. The number of nitrogens with two attached hydrogens (primary N) is 1. The molecule has 3 rings (SSSR count). The van der Waals surface area contributed by atoms with Gasteiger partial charge in [0.05, 0.1) is 17.1 Å². The second kappa shape index (κ2) is 8.16. The fraction of sp³-hybridized carbons (Fsp3) is 0.200. The number of nitrogens with zero attached hydrogens (tertiary/aromatic N) is 3. The number of aryl methyl sites for hydroxylation is 2. The van der Waals surface area contributed by atoms with E-state index in [1.165, 1.54) is 17.8 Å². The summed E-state index contributed by atoms with van der Waals surface area (Å²) in [7, 11) is -2.70. The van der Waals surface area contributed by atoms with E-state index >= 15 is 0 Å². The number of hydroxylamine groups is 2. The number of hydrogen-bond acceptors (Lipinski definition) is 5. The molecule has 1 aromatic heterocycles. The maximum atomic E-state index is 12.1. The van der Waals surface area contributed by atoms with E-state index in [1.807, 2.05) is 31.2 Å². The molecule has 152 valence electrons. The quantitative estimate of drug-likeness (QED) is 0.474. The predicted molar refractivity (Wildman–Crippen MR) is 108 cm³/mol. The molecule has 1 amide bonds. The van der Waals surface area contributed by atoms with Gasteiger partial charge >= 0.3 is 0 Å². The van der Waals surface area contributed by atoms with Gasteiger partial charge in [0, 0.05) is 25.5 Å². The molecule has 0 fully saturated rings. The summed E-state index contributed by atoms with van der Waals surface area (Å²) >= 11 is 0. The molecule has 0 aliphatic carbocycles. The molecule has 29 heavy (non-hydrogen) atoms. The van der Waals surface area contributed by atoms with Gasteiger partial charge in [-0.05, 0) is 25.1 Å². The summed E-state index contributed by atoms with van der Waals surface area (Å²) in [5, 5.41) is 19.7. The predicted octanol–water partition coefficient (Wildman–Crippen LogP) is 2.28. The first kappa shape index (κ1) is 20.7. The average molecular weight is 414 g/mol. The zero-order valence-electron chi connectivity index (χ0n) is 16.1. The molecule has 3 N–H and O–H groups in total. The SMILES string of the molecule is Cc1ccc(-c2cc(CCC(=O)N(C)O)nn2-c2ccccc2S(N)(=O)=O)cc1. The lowest BCUT2D eigenvalue weighted by molar-refractivity contribution is -0.159. The summed E-state index contributed by atoms with van der Waals surface area (Å²) in [5.41, 5.74) is 3.49. The van der Waals surface area contributed by atoms with Crippen LogP contribution in [0.5, 0.6) is 0 Å². The van der Waals surface area contributed by atoms with E-state index in [0.717, 1.165) is 11.1 Å². The van der Waals surface area contributed by atoms with Gasteiger partial charge in [0.25, 0.3) is 0 Å². The standard InChI is InChI=1S/C20H22N4O4S/c1-14-7-9-15(10-8-14)18-13-16(11-12-20(25)23(2)26)22-24(18)17-5-3-4-6-19(17)29(21,27)28/h3-10,13,26H,11-12H2,1-2H3,(H2,21,27,28). The molecule has 0 spiro atoms. The van der Waals surface area contributed by atoms with Crippen LogP contribution < -0.4 is 5.14 Å². The van der Waals surface area contributed by atoms with Crippen LogP contribution >= 0.6 is 0 Å². The van der Waals surface area contributed by atoms with Crippen molar-refractivity contribution in [1.82, 2.24) is 14.8 Å². The number of aromatic nitrogens is 2. The van der Waals surface area contributed by atoms with Crippen LogP contribution in [0.3, 0.4) is 0 Å². The highest BCUT2D eigenvalue weighted by Crippen LogP contribution is 2.28. The Hall–Kier alpha value is -3.01. The van der Waals surface area contributed by atoms with Gasteiger partial charge in [-0.3, -0.25) is 10.0 Å². The first-order chi connectivity index (χ1) is 13.7. The van der Waals surface area contributed by atoms with Crippen LogP contribution in [-0.2, 0) is 21.2 Å². The van der Waals surface area contributed by atoms with Crippen molar-refractivity contribution in [2.24, 2.45) is 5.14 Å². The lowest BCUT2D eigenvalue weighted by Crippen LogP contribution is -2.22. The van der Waals surface area contributed by atoms with Gasteiger partial charge in [-0.15, -0.1) is 0 Å². The Bertz CT molecular complexity index is 1140. The Morgan fingerprint density at radius 3 is 2.45 bits per heavy atom. The number of carbonyl (C=O) groups excluding carboxylic acids is 1. The first-order valence-corrected chi connectivity index (χ1v) is 10.4. The highest BCUT2D eigenvalue weighted by molar-refractivity contribution is 7.89. The topological polar surface area (TPSA) is 119 Å². The number of benzene rings is 2. The van der Waals surface area contributed by atoms with Crippen molar-refractivity contribution in [3.63, 3.8) is 0 Å². The van der Waals surface area contributed by atoms with Gasteiger partial charge in [-0.2, -0.15) is 5.10 Å². The monoisotopic (exact) mass is 414 g/mol. The third-order valence-corrected chi connectivity index (χ3v) is 5.42. The smallest absolute Gasteiger partial charge is 0.246 e. The molecule has 3 aromatic rings. The van der Waals surface area contributed by atoms with Gasteiger partial charge in [0.15, 0.2) is 0 Å². The normalized spacial score (nSPS) is 11.4. The molecule has 0 aliphatic heterocycles. The van der Waals surface area contributed by atoms with E-state index in [2.05, 4.69) is 5.10 Å². The molecule has 0 saturated heterocycles. The van der Waals surface area contributed by atoms with Crippen LogP contribution in [0.2, 0.25) is 0 Å². The summed E-state index contributed by atoms with van der Waals surface area (Å²) in [6.07, 6.45) is 0.349. The second-order valence-electron chi connectivity index (χ2n) is 6.73. The second-order valence-corrected chi connectivity index (χ2v) is 8.26. The van der Waals surface area contributed by atoms with E-state index in [1.54, 1.807) is 24.3 Å². The zero-order chi connectivity index (χ0) is 21.2. The summed E-state index contributed by atoms with van der Waals surface area (Å²) in [6.45, 7) is 1.97. The van der Waals surface area contributed by atoms with Crippen LogP contribution in [0.4, 0.5) is 0 Å². The Morgan fingerprint density at radius 1 is 1.17 bits per heavy atom. The van der Waals surface area contributed by atoms with Gasteiger partial charge in [0.1, 0.15) is 4.90 Å². The van der Waals surface area contributed by atoms with Crippen LogP contribution in [0.25, 0.3) is 16.9 Å². The number of rotatable bonds is 6. The van der Waals surface area contributed by atoms with Crippen molar-refractivity contribution in [2.75, 3.05) is 7.05 Å². The van der Waals surface area contributed by atoms with Crippen LogP contribution in [0, 0.1) is 6.92 Å². The number of amides is 1. The van der Waals surface area contributed by atoms with E-state index in [-0.39, 0.29) is 17.7 Å². The highest BCUT2D eigenvalue weighted by Gasteiger charge is 2.20. The number of primary sulfonamides is 1. The minimum Gasteiger partial charge on any atom is -0.286 e. The third kappa shape index (κ3) is 4.70. The van der Waals surface area contributed by atoms with Crippen LogP contribution in [0.15, 0.2) is 59.5 Å². The van der Waals surface area contributed by atoms with Crippen molar-refractivity contribution >= 4 is 15.9 Å². The lowest BCUT2D eigenvalue weighted by Gasteiger charge is -2.11. The molecule has 0 aliphatic rings. The van der Waals surface area contributed by atoms with E-state index < -0.39 is 15.9 Å². The molecule has 0 bridgehead atoms. The Kier molecular flexibility index (Phi) is 5.83.